The van der Waals surface area contributed by atoms with E-state index in [0.29, 0.717) is 6.04 Å². The summed E-state index contributed by atoms with van der Waals surface area (Å²) in [5.74, 6) is 0.752. The van der Waals surface area contributed by atoms with Gasteiger partial charge in [0.05, 0.1) is 6.61 Å². The van der Waals surface area contributed by atoms with E-state index in [1.165, 1.54) is 19.3 Å². The smallest absolute Gasteiger partial charge is 0.0591 e. The lowest BCUT2D eigenvalue weighted by molar-refractivity contribution is 0.123. The van der Waals surface area contributed by atoms with Crippen LogP contribution < -0.4 is 5.32 Å². The highest BCUT2D eigenvalue weighted by Crippen LogP contribution is 2.08. The summed E-state index contributed by atoms with van der Waals surface area (Å²) in [6, 6.07) is 0.670. The monoisotopic (exact) mass is 197 g/mol. The van der Waals surface area contributed by atoms with Crippen molar-refractivity contribution >= 4 is 0 Å². The first-order chi connectivity index (χ1) is 6.79. The van der Waals surface area contributed by atoms with Gasteiger partial charge in [-0.1, -0.05) is 26.0 Å². The molecule has 1 aliphatic carbocycles. The number of ether oxygens (including phenoxy) is 1. The van der Waals surface area contributed by atoms with Gasteiger partial charge in [0, 0.05) is 19.2 Å². The summed E-state index contributed by atoms with van der Waals surface area (Å²) >= 11 is 0. The van der Waals surface area contributed by atoms with Gasteiger partial charge in [0.15, 0.2) is 0 Å². The maximum Gasteiger partial charge on any atom is 0.0591 e. The fourth-order valence-electron chi connectivity index (χ4n) is 1.54. The van der Waals surface area contributed by atoms with Gasteiger partial charge in [-0.15, -0.1) is 0 Å². The van der Waals surface area contributed by atoms with Gasteiger partial charge < -0.3 is 10.1 Å². The highest BCUT2D eigenvalue weighted by atomic mass is 16.5. The van der Waals surface area contributed by atoms with Gasteiger partial charge in [0.25, 0.3) is 0 Å². The van der Waals surface area contributed by atoms with Crippen LogP contribution in [0.3, 0.4) is 0 Å². The Hall–Kier alpha value is -0.340. The minimum Gasteiger partial charge on any atom is -0.380 e. The first-order valence-corrected chi connectivity index (χ1v) is 5.75. The van der Waals surface area contributed by atoms with Crippen molar-refractivity contribution in [1.82, 2.24) is 5.32 Å². The Kier molecular flexibility index (Phi) is 5.88. The van der Waals surface area contributed by atoms with E-state index in [-0.39, 0.29) is 0 Å². The average Bonchev–Trinajstić information content (AvgIpc) is 2.63. The molecule has 0 aromatic rings. The van der Waals surface area contributed by atoms with Crippen LogP contribution in [0.15, 0.2) is 12.2 Å². The van der Waals surface area contributed by atoms with Crippen LogP contribution in [0.1, 0.15) is 33.1 Å². The quantitative estimate of drug-likeness (QED) is 0.500. The van der Waals surface area contributed by atoms with Crippen LogP contribution in [0.5, 0.6) is 0 Å². The summed E-state index contributed by atoms with van der Waals surface area (Å²) in [6.07, 6.45) is 8.04. The van der Waals surface area contributed by atoms with Crippen molar-refractivity contribution in [2.75, 3.05) is 19.8 Å². The topological polar surface area (TPSA) is 21.3 Å². The van der Waals surface area contributed by atoms with Gasteiger partial charge in [-0.25, -0.2) is 0 Å². The second kappa shape index (κ2) is 7.02. The van der Waals surface area contributed by atoms with Crippen molar-refractivity contribution < 1.29 is 4.74 Å². The highest BCUT2D eigenvalue weighted by Gasteiger charge is 2.07. The molecular formula is C12H23NO. The highest BCUT2D eigenvalue weighted by molar-refractivity contribution is 4.97. The second-order valence-corrected chi connectivity index (χ2v) is 4.39. The maximum atomic E-state index is 5.52. The van der Waals surface area contributed by atoms with Crippen LogP contribution in [0.2, 0.25) is 0 Å². The molecule has 0 heterocycles. The molecule has 0 spiro atoms. The molecule has 1 N–H and O–H groups in total. The van der Waals surface area contributed by atoms with Crippen molar-refractivity contribution in [3.8, 4) is 0 Å². The van der Waals surface area contributed by atoms with E-state index < -0.39 is 0 Å². The number of rotatable bonds is 7. The molecule has 1 rings (SSSR count). The molecule has 0 aliphatic heterocycles. The van der Waals surface area contributed by atoms with E-state index in [9.17, 15) is 0 Å². The molecule has 0 amide bonds. The van der Waals surface area contributed by atoms with Gasteiger partial charge >= 0.3 is 0 Å². The molecule has 0 fully saturated rings. The molecule has 0 atom stereocenters. The van der Waals surface area contributed by atoms with Gasteiger partial charge in [-0.3, -0.25) is 0 Å². The Morgan fingerprint density at radius 2 is 2.00 bits per heavy atom. The zero-order valence-corrected chi connectivity index (χ0v) is 9.46. The van der Waals surface area contributed by atoms with Crippen molar-refractivity contribution in [2.24, 2.45) is 5.92 Å². The fourth-order valence-corrected chi connectivity index (χ4v) is 1.54. The summed E-state index contributed by atoms with van der Waals surface area (Å²) in [7, 11) is 0. The van der Waals surface area contributed by atoms with Crippen LogP contribution in [-0.2, 0) is 4.74 Å². The molecule has 2 nitrogen and oxygen atoms in total. The lowest BCUT2D eigenvalue weighted by Crippen LogP contribution is -2.29. The molecule has 82 valence electrons. The third kappa shape index (κ3) is 5.40. The largest absolute Gasteiger partial charge is 0.380 e. The first kappa shape index (κ1) is 11.7. The van der Waals surface area contributed by atoms with Crippen molar-refractivity contribution in [1.29, 1.82) is 0 Å². The maximum absolute atomic E-state index is 5.52. The molecular weight excluding hydrogens is 174 g/mol. The van der Waals surface area contributed by atoms with Gasteiger partial charge in [-0.2, -0.15) is 0 Å². The summed E-state index contributed by atoms with van der Waals surface area (Å²) in [5.41, 5.74) is 0. The zero-order chi connectivity index (χ0) is 10.2. The Balaban J connectivity index is 1.80. The molecule has 0 radical (unpaired) electrons. The van der Waals surface area contributed by atoms with Crippen molar-refractivity contribution in [3.63, 3.8) is 0 Å². The molecule has 2 heteroatoms. The van der Waals surface area contributed by atoms with E-state index in [2.05, 4.69) is 31.3 Å². The molecule has 0 bridgehead atoms. The fraction of sp³-hybridized carbons (Fsp3) is 0.833. The summed E-state index contributed by atoms with van der Waals surface area (Å²) in [6.45, 7) is 7.20. The standard InChI is InChI=1S/C12H23NO/c1-11(2)7-9-14-10-8-13-12-5-3-4-6-12/h3-4,11-13H,5-10H2,1-2H3. The van der Waals surface area contributed by atoms with Crippen LogP contribution in [0, 0.1) is 5.92 Å². The predicted molar refractivity (Wildman–Crippen MR) is 60.4 cm³/mol. The molecule has 0 saturated carbocycles. The van der Waals surface area contributed by atoms with E-state index >= 15 is 0 Å². The summed E-state index contributed by atoms with van der Waals surface area (Å²) in [4.78, 5) is 0. The van der Waals surface area contributed by atoms with E-state index in [1.54, 1.807) is 0 Å². The van der Waals surface area contributed by atoms with Crippen LogP contribution >= 0.6 is 0 Å². The SMILES string of the molecule is CC(C)CCOCCNC1CC=CC1. The van der Waals surface area contributed by atoms with Gasteiger partial charge in [-0.05, 0) is 25.2 Å². The molecule has 14 heavy (non-hydrogen) atoms. The van der Waals surface area contributed by atoms with E-state index in [4.69, 9.17) is 4.74 Å². The number of nitrogens with one attached hydrogen (secondary N) is 1. The Morgan fingerprint density at radius 1 is 1.29 bits per heavy atom. The Labute approximate surface area is 87.7 Å². The Bertz CT molecular complexity index is 158. The molecule has 0 aromatic carbocycles. The lowest BCUT2D eigenvalue weighted by Gasteiger charge is -2.12. The van der Waals surface area contributed by atoms with Gasteiger partial charge in [0.2, 0.25) is 0 Å². The van der Waals surface area contributed by atoms with E-state index in [0.717, 1.165) is 25.7 Å². The van der Waals surface area contributed by atoms with Crippen molar-refractivity contribution in [3.05, 3.63) is 12.2 Å². The predicted octanol–water partition coefficient (Wildman–Crippen LogP) is 2.36. The van der Waals surface area contributed by atoms with E-state index in [1.807, 2.05) is 0 Å². The average molecular weight is 197 g/mol. The minimum absolute atomic E-state index is 0.670. The number of hydrogen-bond donors (Lipinski definition) is 1. The molecule has 0 aromatic heterocycles. The minimum atomic E-state index is 0.670. The molecule has 0 unspecified atom stereocenters. The summed E-state index contributed by atoms with van der Waals surface area (Å²) < 4.78 is 5.52. The molecule has 1 aliphatic rings. The second-order valence-electron chi connectivity index (χ2n) is 4.39. The number of hydrogen-bond acceptors (Lipinski definition) is 2. The zero-order valence-electron chi connectivity index (χ0n) is 9.46. The third-order valence-electron chi connectivity index (χ3n) is 2.53. The third-order valence-corrected chi connectivity index (χ3v) is 2.53. The molecule has 0 saturated heterocycles. The first-order valence-electron chi connectivity index (χ1n) is 5.75. The lowest BCUT2D eigenvalue weighted by atomic mass is 10.1. The summed E-state index contributed by atoms with van der Waals surface area (Å²) in [5, 5.41) is 3.48. The van der Waals surface area contributed by atoms with Crippen LogP contribution in [0.4, 0.5) is 0 Å². The van der Waals surface area contributed by atoms with Crippen molar-refractivity contribution in [2.45, 2.75) is 39.2 Å². The normalized spacial score (nSPS) is 17.1. The van der Waals surface area contributed by atoms with Crippen LogP contribution in [-0.4, -0.2) is 25.8 Å². The van der Waals surface area contributed by atoms with Crippen LogP contribution in [0.25, 0.3) is 0 Å². The van der Waals surface area contributed by atoms with Gasteiger partial charge in [0.1, 0.15) is 0 Å². The Morgan fingerprint density at radius 3 is 2.64 bits per heavy atom.